The van der Waals surface area contributed by atoms with Crippen LogP contribution in [0.2, 0.25) is 0 Å². The summed E-state index contributed by atoms with van der Waals surface area (Å²) in [4.78, 5) is 0. The second-order valence-electron chi connectivity index (χ2n) is 4.19. The van der Waals surface area contributed by atoms with Crippen LogP contribution in [0.15, 0.2) is 30.4 Å². The summed E-state index contributed by atoms with van der Waals surface area (Å²) in [7, 11) is -0.610. The van der Waals surface area contributed by atoms with Gasteiger partial charge in [0.05, 0.1) is 12.8 Å². The highest BCUT2D eigenvalue weighted by atomic mass is 31.2. The smallest absolute Gasteiger partial charge is 0.142 e. The van der Waals surface area contributed by atoms with Gasteiger partial charge in [-0.15, -0.1) is 0 Å². The van der Waals surface area contributed by atoms with Crippen molar-refractivity contribution in [1.82, 2.24) is 0 Å². The monoisotopic (exact) mass is 283 g/mol. The van der Waals surface area contributed by atoms with Crippen molar-refractivity contribution in [3.8, 4) is 5.75 Å². The number of hydrogen-bond donors (Lipinski definition) is 1. The molecular formula is C15H26NO2P. The van der Waals surface area contributed by atoms with Crippen molar-refractivity contribution in [2.75, 3.05) is 32.3 Å². The molecule has 1 aromatic rings. The molecule has 0 radical (unpaired) electrons. The van der Waals surface area contributed by atoms with Crippen LogP contribution in [0.25, 0.3) is 0 Å². The molecule has 0 spiro atoms. The molecule has 0 atom stereocenters. The summed E-state index contributed by atoms with van der Waals surface area (Å²) in [6.45, 7) is 10.2. The van der Waals surface area contributed by atoms with E-state index in [0.29, 0.717) is 0 Å². The van der Waals surface area contributed by atoms with Crippen molar-refractivity contribution in [2.45, 2.75) is 20.8 Å². The number of rotatable bonds is 5. The van der Waals surface area contributed by atoms with Gasteiger partial charge in [-0.1, -0.05) is 26.0 Å². The fourth-order valence-electron chi connectivity index (χ4n) is 1.45. The molecule has 1 N–H and O–H groups in total. The highest BCUT2D eigenvalue weighted by Gasteiger charge is 2.13. The Labute approximate surface area is 117 Å². The molecule has 0 saturated carbocycles. The molecule has 0 aliphatic carbocycles. The number of allylic oxidation sites excluding steroid dienone is 1. The minimum atomic E-state index is -2.23. The van der Waals surface area contributed by atoms with E-state index in [9.17, 15) is 4.57 Å². The Balaban J connectivity index is 0.00000154. The van der Waals surface area contributed by atoms with Crippen molar-refractivity contribution in [2.24, 2.45) is 0 Å². The number of ether oxygens (including phenoxy) is 1. The molecule has 0 aliphatic heterocycles. The number of hydrogen-bond acceptors (Lipinski definition) is 3. The summed E-state index contributed by atoms with van der Waals surface area (Å²) >= 11 is 0. The van der Waals surface area contributed by atoms with E-state index in [1.54, 1.807) is 20.4 Å². The predicted octanol–water partition coefficient (Wildman–Crippen LogP) is 3.96. The van der Waals surface area contributed by atoms with Crippen molar-refractivity contribution < 1.29 is 9.30 Å². The quantitative estimate of drug-likeness (QED) is 0.656. The topological polar surface area (TPSA) is 38.3 Å². The molecule has 3 nitrogen and oxygen atoms in total. The minimum absolute atomic E-state index is 0.732. The van der Waals surface area contributed by atoms with Gasteiger partial charge in [-0.25, -0.2) is 0 Å². The van der Waals surface area contributed by atoms with Gasteiger partial charge in [0.1, 0.15) is 12.9 Å². The van der Waals surface area contributed by atoms with Gasteiger partial charge >= 0.3 is 0 Å². The zero-order valence-electron chi connectivity index (χ0n) is 12.9. The lowest BCUT2D eigenvalue weighted by Crippen LogP contribution is -2.07. The van der Waals surface area contributed by atoms with E-state index in [1.165, 1.54) is 0 Å². The van der Waals surface area contributed by atoms with E-state index in [0.717, 1.165) is 23.3 Å². The van der Waals surface area contributed by atoms with Gasteiger partial charge in [0.25, 0.3) is 0 Å². The Bertz CT molecular complexity index is 449. The standard InChI is InChI=1S/C13H20NO2P.C2H6/c1-5-6-9-14-12-8-7-11(17(3,4)15)10-13(12)16-2;1-2/h5-8,10,14H,9H2,1-4H3;1-2H3/b6-5+;. The summed E-state index contributed by atoms with van der Waals surface area (Å²) in [6, 6.07) is 5.65. The van der Waals surface area contributed by atoms with E-state index in [-0.39, 0.29) is 0 Å². The van der Waals surface area contributed by atoms with E-state index in [2.05, 4.69) is 5.32 Å². The molecule has 1 rings (SSSR count). The van der Waals surface area contributed by atoms with Crippen molar-refractivity contribution in [1.29, 1.82) is 0 Å². The molecule has 1 aromatic carbocycles. The zero-order chi connectivity index (χ0) is 14.9. The van der Waals surface area contributed by atoms with E-state index in [1.807, 2.05) is 51.1 Å². The molecule has 0 aliphatic rings. The zero-order valence-corrected chi connectivity index (χ0v) is 13.8. The Morgan fingerprint density at radius 2 is 1.95 bits per heavy atom. The maximum absolute atomic E-state index is 12.0. The summed E-state index contributed by atoms with van der Waals surface area (Å²) < 4.78 is 17.3. The highest BCUT2D eigenvalue weighted by Crippen LogP contribution is 2.37. The second-order valence-corrected chi connectivity index (χ2v) is 7.40. The third-order valence-electron chi connectivity index (χ3n) is 2.45. The fourth-order valence-corrected chi connectivity index (χ4v) is 2.31. The summed E-state index contributed by atoms with van der Waals surface area (Å²) in [6.07, 6.45) is 4.01. The normalized spacial score (nSPS) is 10.8. The average molecular weight is 283 g/mol. The molecule has 4 heteroatoms. The first-order valence-electron chi connectivity index (χ1n) is 6.57. The van der Waals surface area contributed by atoms with Gasteiger partial charge in [0.15, 0.2) is 0 Å². The van der Waals surface area contributed by atoms with Gasteiger partial charge in [0.2, 0.25) is 0 Å². The van der Waals surface area contributed by atoms with Crippen LogP contribution in [-0.4, -0.2) is 27.0 Å². The molecule has 0 amide bonds. The van der Waals surface area contributed by atoms with Crippen LogP contribution in [0.1, 0.15) is 20.8 Å². The lowest BCUT2D eigenvalue weighted by atomic mass is 10.3. The molecule has 19 heavy (non-hydrogen) atoms. The van der Waals surface area contributed by atoms with Crippen molar-refractivity contribution in [3.63, 3.8) is 0 Å². The van der Waals surface area contributed by atoms with Crippen LogP contribution in [0, 0.1) is 0 Å². The molecule has 0 saturated heterocycles. The Morgan fingerprint density at radius 1 is 1.32 bits per heavy atom. The highest BCUT2D eigenvalue weighted by molar-refractivity contribution is 7.70. The molecular weight excluding hydrogens is 257 g/mol. The largest absolute Gasteiger partial charge is 0.495 e. The van der Waals surface area contributed by atoms with E-state index in [4.69, 9.17) is 4.74 Å². The average Bonchev–Trinajstić information content (AvgIpc) is 2.40. The summed E-state index contributed by atoms with van der Waals surface area (Å²) in [5.41, 5.74) is 0.919. The summed E-state index contributed by atoms with van der Waals surface area (Å²) in [5, 5.41) is 4.08. The number of nitrogens with one attached hydrogen (secondary N) is 1. The van der Waals surface area contributed by atoms with E-state index < -0.39 is 7.14 Å². The van der Waals surface area contributed by atoms with Crippen LogP contribution < -0.4 is 15.4 Å². The van der Waals surface area contributed by atoms with E-state index >= 15 is 0 Å². The third kappa shape index (κ3) is 5.98. The van der Waals surface area contributed by atoms with Crippen LogP contribution in [0.5, 0.6) is 5.75 Å². The number of anilines is 1. The van der Waals surface area contributed by atoms with Gasteiger partial charge in [-0.3, -0.25) is 0 Å². The lowest BCUT2D eigenvalue weighted by molar-refractivity contribution is 0.417. The second kappa shape index (κ2) is 8.82. The van der Waals surface area contributed by atoms with Gasteiger partial charge in [-0.05, 0) is 38.5 Å². The van der Waals surface area contributed by atoms with Crippen molar-refractivity contribution >= 4 is 18.1 Å². The first kappa shape index (κ1) is 17.8. The molecule has 0 aromatic heterocycles. The maximum Gasteiger partial charge on any atom is 0.142 e. The molecule has 0 heterocycles. The third-order valence-corrected chi connectivity index (χ3v) is 3.97. The first-order chi connectivity index (χ1) is 8.99. The van der Waals surface area contributed by atoms with Crippen LogP contribution >= 0.6 is 7.14 Å². The van der Waals surface area contributed by atoms with Crippen molar-refractivity contribution in [3.05, 3.63) is 30.4 Å². The molecule has 0 fully saturated rings. The van der Waals surface area contributed by atoms with Gasteiger partial charge in [-0.2, -0.15) is 0 Å². The predicted molar refractivity (Wildman–Crippen MR) is 86.7 cm³/mol. The SMILES string of the molecule is C/C=C/CNc1ccc(P(C)(C)=O)cc1OC.CC. The van der Waals surface area contributed by atoms with Crippen LogP contribution in [0.4, 0.5) is 5.69 Å². The number of benzene rings is 1. The van der Waals surface area contributed by atoms with Gasteiger partial charge in [0, 0.05) is 11.8 Å². The molecule has 0 unspecified atom stereocenters. The number of methoxy groups -OCH3 is 1. The Morgan fingerprint density at radius 3 is 2.42 bits per heavy atom. The fraction of sp³-hybridized carbons (Fsp3) is 0.467. The molecule has 0 bridgehead atoms. The van der Waals surface area contributed by atoms with Crippen LogP contribution in [0.3, 0.4) is 0 Å². The molecule has 108 valence electrons. The van der Waals surface area contributed by atoms with Gasteiger partial charge < -0.3 is 14.6 Å². The minimum Gasteiger partial charge on any atom is -0.495 e. The Kier molecular flexibility index (Phi) is 8.26. The summed E-state index contributed by atoms with van der Waals surface area (Å²) in [5.74, 6) is 0.732. The first-order valence-corrected chi connectivity index (χ1v) is 9.17. The Hall–Kier alpha value is -1.21. The van der Waals surface area contributed by atoms with Crippen LogP contribution in [-0.2, 0) is 4.57 Å². The lowest BCUT2D eigenvalue weighted by Gasteiger charge is -2.13. The maximum atomic E-state index is 12.0.